The Morgan fingerprint density at radius 1 is 1.21 bits per heavy atom. The molecule has 1 aliphatic rings. The average molecular weight is 259 g/mol. The second kappa shape index (κ2) is 7.69. The molecule has 0 aromatic heterocycles. The standard InChI is InChI=1S/C18H29N/c1-3-13-19-18(14-17-5-4-6-17)12-11-16-9-7-15(2)8-10-16/h7-10,17-19H,3-6,11-14H2,1-2H3. The number of benzene rings is 1. The van der Waals surface area contributed by atoms with E-state index in [1.807, 2.05) is 0 Å². The Morgan fingerprint density at radius 3 is 2.53 bits per heavy atom. The van der Waals surface area contributed by atoms with Crippen molar-refractivity contribution in [2.45, 2.75) is 64.8 Å². The normalized spacial score (nSPS) is 17.2. The molecule has 19 heavy (non-hydrogen) atoms. The molecule has 1 atom stereocenters. The molecule has 0 radical (unpaired) electrons. The largest absolute Gasteiger partial charge is 0.314 e. The summed E-state index contributed by atoms with van der Waals surface area (Å²) in [4.78, 5) is 0. The van der Waals surface area contributed by atoms with E-state index in [0.29, 0.717) is 0 Å². The van der Waals surface area contributed by atoms with Crippen LogP contribution in [-0.2, 0) is 6.42 Å². The van der Waals surface area contributed by atoms with Gasteiger partial charge >= 0.3 is 0 Å². The Kier molecular flexibility index (Phi) is 5.91. The second-order valence-corrected chi connectivity index (χ2v) is 6.21. The second-order valence-electron chi connectivity index (χ2n) is 6.21. The van der Waals surface area contributed by atoms with Gasteiger partial charge in [0.2, 0.25) is 0 Å². The van der Waals surface area contributed by atoms with Crippen LogP contribution in [-0.4, -0.2) is 12.6 Å². The van der Waals surface area contributed by atoms with Crippen LogP contribution >= 0.6 is 0 Å². The maximum absolute atomic E-state index is 3.75. The van der Waals surface area contributed by atoms with Crippen LogP contribution in [0.15, 0.2) is 24.3 Å². The van der Waals surface area contributed by atoms with Gasteiger partial charge in [-0.2, -0.15) is 0 Å². The van der Waals surface area contributed by atoms with Crippen molar-refractivity contribution < 1.29 is 0 Å². The maximum Gasteiger partial charge on any atom is 0.00728 e. The fourth-order valence-corrected chi connectivity index (χ4v) is 2.88. The lowest BCUT2D eigenvalue weighted by Gasteiger charge is -2.30. The Bertz CT molecular complexity index is 350. The molecule has 0 aliphatic heterocycles. The molecule has 1 saturated carbocycles. The first-order valence-corrected chi connectivity index (χ1v) is 8.07. The van der Waals surface area contributed by atoms with Crippen molar-refractivity contribution >= 4 is 0 Å². The van der Waals surface area contributed by atoms with E-state index >= 15 is 0 Å². The van der Waals surface area contributed by atoms with E-state index in [-0.39, 0.29) is 0 Å². The number of hydrogen-bond acceptors (Lipinski definition) is 1. The van der Waals surface area contributed by atoms with Gasteiger partial charge in [0, 0.05) is 6.04 Å². The fraction of sp³-hybridized carbons (Fsp3) is 0.667. The number of hydrogen-bond donors (Lipinski definition) is 1. The molecule has 1 aliphatic carbocycles. The van der Waals surface area contributed by atoms with Gasteiger partial charge in [-0.1, -0.05) is 56.0 Å². The van der Waals surface area contributed by atoms with Crippen LogP contribution in [0.5, 0.6) is 0 Å². The summed E-state index contributed by atoms with van der Waals surface area (Å²) in [6.07, 6.45) is 9.54. The van der Waals surface area contributed by atoms with Crippen molar-refractivity contribution in [2.24, 2.45) is 5.92 Å². The molecule has 106 valence electrons. The first kappa shape index (κ1) is 14.6. The molecule has 0 heterocycles. The van der Waals surface area contributed by atoms with E-state index in [1.54, 1.807) is 0 Å². The van der Waals surface area contributed by atoms with Gasteiger partial charge in [-0.25, -0.2) is 0 Å². The lowest BCUT2D eigenvalue weighted by Crippen LogP contribution is -2.33. The third-order valence-electron chi connectivity index (χ3n) is 4.43. The summed E-state index contributed by atoms with van der Waals surface area (Å²) in [5.74, 6) is 1.01. The predicted octanol–water partition coefficient (Wildman–Crippen LogP) is 4.49. The Labute approximate surface area is 118 Å². The van der Waals surface area contributed by atoms with Crippen molar-refractivity contribution in [3.05, 3.63) is 35.4 Å². The first-order chi connectivity index (χ1) is 9.28. The van der Waals surface area contributed by atoms with Gasteiger partial charge in [0.15, 0.2) is 0 Å². The van der Waals surface area contributed by atoms with Crippen molar-refractivity contribution in [2.75, 3.05) is 6.54 Å². The molecule has 0 bridgehead atoms. The number of rotatable bonds is 8. The van der Waals surface area contributed by atoms with E-state index in [4.69, 9.17) is 0 Å². The van der Waals surface area contributed by atoms with Gasteiger partial charge in [0.25, 0.3) is 0 Å². The fourth-order valence-electron chi connectivity index (χ4n) is 2.88. The highest BCUT2D eigenvalue weighted by molar-refractivity contribution is 5.21. The summed E-state index contributed by atoms with van der Waals surface area (Å²) in [7, 11) is 0. The molecule has 2 rings (SSSR count). The molecular weight excluding hydrogens is 230 g/mol. The monoisotopic (exact) mass is 259 g/mol. The quantitative estimate of drug-likeness (QED) is 0.725. The highest BCUT2D eigenvalue weighted by Crippen LogP contribution is 2.31. The lowest BCUT2D eigenvalue weighted by atomic mass is 9.80. The van der Waals surface area contributed by atoms with E-state index in [2.05, 4.69) is 43.4 Å². The molecule has 1 aromatic rings. The van der Waals surface area contributed by atoms with Gasteiger partial charge < -0.3 is 5.32 Å². The molecule has 0 saturated heterocycles. The molecule has 0 spiro atoms. The van der Waals surface area contributed by atoms with Gasteiger partial charge in [0.05, 0.1) is 0 Å². The van der Waals surface area contributed by atoms with E-state index < -0.39 is 0 Å². The zero-order valence-electron chi connectivity index (χ0n) is 12.6. The van der Waals surface area contributed by atoms with Crippen LogP contribution in [0.3, 0.4) is 0 Å². The Hall–Kier alpha value is -0.820. The van der Waals surface area contributed by atoms with E-state index in [9.17, 15) is 0 Å². The van der Waals surface area contributed by atoms with Gasteiger partial charge in [-0.05, 0) is 50.6 Å². The van der Waals surface area contributed by atoms with E-state index in [1.165, 1.54) is 62.6 Å². The van der Waals surface area contributed by atoms with Crippen LogP contribution in [0.1, 0.15) is 56.6 Å². The third-order valence-corrected chi connectivity index (χ3v) is 4.43. The predicted molar refractivity (Wildman–Crippen MR) is 83.5 cm³/mol. The summed E-state index contributed by atoms with van der Waals surface area (Å²) >= 11 is 0. The van der Waals surface area contributed by atoms with Crippen LogP contribution in [0.25, 0.3) is 0 Å². The summed E-state index contributed by atoms with van der Waals surface area (Å²) in [6, 6.07) is 9.77. The summed E-state index contributed by atoms with van der Waals surface area (Å²) in [5, 5.41) is 3.75. The topological polar surface area (TPSA) is 12.0 Å². The van der Waals surface area contributed by atoms with Gasteiger partial charge in [-0.15, -0.1) is 0 Å². The minimum Gasteiger partial charge on any atom is -0.314 e. The third kappa shape index (κ3) is 4.99. The summed E-state index contributed by atoms with van der Waals surface area (Å²) in [5.41, 5.74) is 2.85. The Morgan fingerprint density at radius 2 is 1.95 bits per heavy atom. The van der Waals surface area contributed by atoms with Crippen molar-refractivity contribution in [3.63, 3.8) is 0 Å². The van der Waals surface area contributed by atoms with Gasteiger partial charge in [-0.3, -0.25) is 0 Å². The molecule has 1 fully saturated rings. The highest BCUT2D eigenvalue weighted by Gasteiger charge is 2.21. The molecule has 1 unspecified atom stereocenters. The molecule has 0 amide bonds. The Balaban J connectivity index is 1.78. The molecule has 1 nitrogen and oxygen atoms in total. The van der Waals surface area contributed by atoms with Crippen LogP contribution in [0.4, 0.5) is 0 Å². The molecule has 1 aromatic carbocycles. The minimum atomic E-state index is 0.728. The van der Waals surface area contributed by atoms with Crippen LogP contribution in [0.2, 0.25) is 0 Å². The smallest absolute Gasteiger partial charge is 0.00728 e. The summed E-state index contributed by atoms with van der Waals surface area (Å²) in [6.45, 7) is 5.59. The van der Waals surface area contributed by atoms with Gasteiger partial charge in [0.1, 0.15) is 0 Å². The summed E-state index contributed by atoms with van der Waals surface area (Å²) < 4.78 is 0. The molecular formula is C18H29N. The molecule has 1 N–H and O–H groups in total. The zero-order valence-corrected chi connectivity index (χ0v) is 12.6. The highest BCUT2D eigenvalue weighted by atomic mass is 14.9. The minimum absolute atomic E-state index is 0.728. The first-order valence-electron chi connectivity index (χ1n) is 8.07. The van der Waals surface area contributed by atoms with E-state index in [0.717, 1.165) is 12.0 Å². The van der Waals surface area contributed by atoms with Crippen molar-refractivity contribution in [3.8, 4) is 0 Å². The van der Waals surface area contributed by atoms with Crippen LogP contribution in [0, 0.1) is 12.8 Å². The number of aryl methyl sites for hydroxylation is 2. The zero-order chi connectivity index (χ0) is 13.5. The average Bonchev–Trinajstić information content (AvgIpc) is 2.38. The maximum atomic E-state index is 3.75. The van der Waals surface area contributed by atoms with Crippen LogP contribution < -0.4 is 5.32 Å². The lowest BCUT2D eigenvalue weighted by molar-refractivity contribution is 0.254. The SMILES string of the molecule is CCCNC(CCc1ccc(C)cc1)CC1CCC1. The number of nitrogens with one attached hydrogen (secondary N) is 1. The van der Waals surface area contributed by atoms with Crippen molar-refractivity contribution in [1.82, 2.24) is 5.32 Å². The molecule has 1 heteroatoms. The van der Waals surface area contributed by atoms with Crippen molar-refractivity contribution in [1.29, 1.82) is 0 Å².